The minimum absolute atomic E-state index is 0.321. The summed E-state index contributed by atoms with van der Waals surface area (Å²) in [6.07, 6.45) is 0. The molecule has 0 bridgehead atoms. The predicted octanol–water partition coefficient (Wildman–Crippen LogP) is 3.29. The van der Waals surface area contributed by atoms with Gasteiger partial charge in [0.1, 0.15) is 23.1 Å². The maximum absolute atomic E-state index is 13.3. The normalized spacial score (nSPS) is 10.2. The van der Waals surface area contributed by atoms with Gasteiger partial charge >= 0.3 is 0 Å². The van der Waals surface area contributed by atoms with Crippen molar-refractivity contribution in [1.29, 1.82) is 0 Å². The summed E-state index contributed by atoms with van der Waals surface area (Å²) in [6, 6.07) is 10.5. The highest BCUT2D eigenvalue weighted by atomic mass is 19.1. The molecule has 2 rings (SSSR count). The van der Waals surface area contributed by atoms with Crippen LogP contribution >= 0.6 is 0 Å². The van der Waals surface area contributed by atoms with Crippen LogP contribution < -0.4 is 10.1 Å². The number of halogens is 2. The van der Waals surface area contributed by atoms with Crippen LogP contribution in [-0.4, -0.2) is 12.5 Å². The Morgan fingerprint density at radius 2 is 1.75 bits per heavy atom. The van der Waals surface area contributed by atoms with Crippen molar-refractivity contribution in [3.63, 3.8) is 0 Å². The molecule has 0 fully saturated rings. The molecular formula is C15H13F2NO2. The van der Waals surface area contributed by atoms with Gasteiger partial charge in [-0.15, -0.1) is 0 Å². The van der Waals surface area contributed by atoms with Gasteiger partial charge < -0.3 is 10.1 Å². The van der Waals surface area contributed by atoms with E-state index in [9.17, 15) is 13.6 Å². The number of para-hydroxylation sites is 2. The van der Waals surface area contributed by atoms with E-state index >= 15 is 0 Å². The van der Waals surface area contributed by atoms with Gasteiger partial charge in [0.15, 0.2) is 6.61 Å². The first-order valence-corrected chi connectivity index (χ1v) is 6.00. The molecule has 1 N–H and O–H groups in total. The Morgan fingerprint density at radius 3 is 2.40 bits per heavy atom. The van der Waals surface area contributed by atoms with Gasteiger partial charge in [-0.25, -0.2) is 8.78 Å². The van der Waals surface area contributed by atoms with E-state index in [0.717, 1.165) is 17.7 Å². The zero-order valence-electron chi connectivity index (χ0n) is 10.8. The SMILES string of the molecule is Cc1ccccc1OCC(=O)Nc1c(F)cccc1F. The monoisotopic (exact) mass is 277 g/mol. The molecule has 1 amide bonds. The zero-order valence-corrected chi connectivity index (χ0v) is 10.8. The first-order chi connectivity index (χ1) is 9.58. The highest BCUT2D eigenvalue weighted by Gasteiger charge is 2.12. The summed E-state index contributed by atoms with van der Waals surface area (Å²) < 4.78 is 32.0. The molecule has 0 atom stereocenters. The molecule has 0 heterocycles. The molecule has 104 valence electrons. The minimum atomic E-state index is -0.825. The van der Waals surface area contributed by atoms with Crippen LogP contribution in [0, 0.1) is 18.6 Å². The highest BCUT2D eigenvalue weighted by Crippen LogP contribution is 2.19. The number of ether oxygens (including phenoxy) is 1. The lowest BCUT2D eigenvalue weighted by atomic mass is 10.2. The highest BCUT2D eigenvalue weighted by molar-refractivity contribution is 5.92. The van der Waals surface area contributed by atoms with Crippen molar-refractivity contribution in [1.82, 2.24) is 0 Å². The first-order valence-electron chi connectivity index (χ1n) is 6.00. The van der Waals surface area contributed by atoms with Crippen molar-refractivity contribution < 1.29 is 18.3 Å². The lowest BCUT2D eigenvalue weighted by Crippen LogP contribution is -2.21. The lowest BCUT2D eigenvalue weighted by molar-refractivity contribution is -0.118. The second kappa shape index (κ2) is 6.14. The molecule has 3 nitrogen and oxygen atoms in total. The summed E-state index contributed by atoms with van der Waals surface area (Å²) in [7, 11) is 0. The number of amides is 1. The van der Waals surface area contributed by atoms with Crippen LogP contribution in [0.3, 0.4) is 0 Å². The number of benzene rings is 2. The molecule has 0 saturated heterocycles. The number of aryl methyl sites for hydroxylation is 1. The van der Waals surface area contributed by atoms with Crippen molar-refractivity contribution in [3.8, 4) is 5.75 Å². The fourth-order valence-electron chi connectivity index (χ4n) is 1.65. The summed E-state index contributed by atoms with van der Waals surface area (Å²) in [5.41, 5.74) is 0.406. The van der Waals surface area contributed by atoms with Crippen molar-refractivity contribution in [2.24, 2.45) is 0 Å². The molecule has 0 aliphatic heterocycles. The van der Waals surface area contributed by atoms with Gasteiger partial charge in [0.25, 0.3) is 5.91 Å². The molecule has 0 spiro atoms. The molecule has 20 heavy (non-hydrogen) atoms. The largest absolute Gasteiger partial charge is 0.483 e. The molecule has 2 aromatic rings. The Hall–Kier alpha value is -2.43. The molecule has 0 aliphatic carbocycles. The van der Waals surface area contributed by atoms with Crippen LogP contribution in [0.5, 0.6) is 5.75 Å². The second-order valence-corrected chi connectivity index (χ2v) is 4.20. The average molecular weight is 277 g/mol. The fraction of sp³-hybridized carbons (Fsp3) is 0.133. The quantitative estimate of drug-likeness (QED) is 0.931. The zero-order chi connectivity index (χ0) is 14.5. The van der Waals surface area contributed by atoms with Crippen molar-refractivity contribution in [2.45, 2.75) is 6.92 Å². The number of nitrogens with one attached hydrogen (secondary N) is 1. The molecule has 0 radical (unpaired) electrons. The van der Waals surface area contributed by atoms with Crippen LogP contribution in [0.15, 0.2) is 42.5 Å². The third-order valence-electron chi connectivity index (χ3n) is 2.68. The van der Waals surface area contributed by atoms with E-state index in [4.69, 9.17) is 4.74 Å². The fourth-order valence-corrected chi connectivity index (χ4v) is 1.65. The van der Waals surface area contributed by atoms with E-state index in [-0.39, 0.29) is 6.61 Å². The number of rotatable bonds is 4. The third-order valence-corrected chi connectivity index (χ3v) is 2.68. The summed E-state index contributed by atoms with van der Waals surface area (Å²) in [6.45, 7) is 1.52. The van der Waals surface area contributed by atoms with E-state index in [1.165, 1.54) is 6.07 Å². The third kappa shape index (κ3) is 3.32. The summed E-state index contributed by atoms with van der Waals surface area (Å²) in [5, 5.41) is 2.15. The minimum Gasteiger partial charge on any atom is -0.483 e. The molecule has 0 aliphatic rings. The Morgan fingerprint density at radius 1 is 1.10 bits per heavy atom. The summed E-state index contributed by atoms with van der Waals surface area (Å²) in [4.78, 5) is 11.6. The number of carbonyl (C=O) groups is 1. The van der Waals surface area contributed by atoms with Gasteiger partial charge in [-0.05, 0) is 30.7 Å². The molecule has 0 aromatic heterocycles. The number of anilines is 1. The Labute approximate surface area is 115 Å². The Balaban J connectivity index is 1.98. The van der Waals surface area contributed by atoms with E-state index in [0.29, 0.717) is 5.75 Å². The molecule has 5 heteroatoms. The molecule has 2 aromatic carbocycles. The Kier molecular flexibility index (Phi) is 4.30. The van der Waals surface area contributed by atoms with Gasteiger partial charge in [-0.3, -0.25) is 4.79 Å². The second-order valence-electron chi connectivity index (χ2n) is 4.20. The van der Waals surface area contributed by atoms with E-state index in [1.54, 1.807) is 12.1 Å². The van der Waals surface area contributed by atoms with E-state index in [1.807, 2.05) is 19.1 Å². The van der Waals surface area contributed by atoms with Crippen LogP contribution in [-0.2, 0) is 4.79 Å². The van der Waals surface area contributed by atoms with Crippen molar-refractivity contribution >= 4 is 11.6 Å². The topological polar surface area (TPSA) is 38.3 Å². The van der Waals surface area contributed by atoms with Gasteiger partial charge in [0, 0.05) is 0 Å². The molecule has 0 saturated carbocycles. The van der Waals surface area contributed by atoms with E-state index < -0.39 is 23.2 Å². The Bertz CT molecular complexity index is 609. The van der Waals surface area contributed by atoms with Crippen LogP contribution in [0.2, 0.25) is 0 Å². The van der Waals surface area contributed by atoms with Crippen molar-refractivity contribution in [2.75, 3.05) is 11.9 Å². The van der Waals surface area contributed by atoms with Gasteiger partial charge in [0.2, 0.25) is 0 Å². The predicted molar refractivity (Wildman–Crippen MR) is 71.7 cm³/mol. The molecular weight excluding hydrogens is 264 g/mol. The lowest BCUT2D eigenvalue weighted by Gasteiger charge is -2.10. The number of hydrogen-bond acceptors (Lipinski definition) is 2. The average Bonchev–Trinajstić information content (AvgIpc) is 2.42. The summed E-state index contributed by atoms with van der Waals surface area (Å²) in [5.74, 6) is -1.72. The standard InChI is InChI=1S/C15H13F2NO2/c1-10-5-2-3-8-13(10)20-9-14(19)18-15-11(16)6-4-7-12(15)17/h2-8H,9H2,1H3,(H,18,19). The van der Waals surface area contributed by atoms with Gasteiger partial charge in [-0.2, -0.15) is 0 Å². The van der Waals surface area contributed by atoms with Crippen LogP contribution in [0.25, 0.3) is 0 Å². The van der Waals surface area contributed by atoms with Gasteiger partial charge in [-0.1, -0.05) is 24.3 Å². The smallest absolute Gasteiger partial charge is 0.262 e. The van der Waals surface area contributed by atoms with E-state index in [2.05, 4.69) is 5.32 Å². The number of carbonyl (C=O) groups excluding carboxylic acids is 1. The van der Waals surface area contributed by atoms with Gasteiger partial charge in [0.05, 0.1) is 0 Å². The van der Waals surface area contributed by atoms with Crippen LogP contribution in [0.1, 0.15) is 5.56 Å². The maximum Gasteiger partial charge on any atom is 0.262 e. The van der Waals surface area contributed by atoms with Crippen molar-refractivity contribution in [3.05, 3.63) is 59.7 Å². The number of hydrogen-bond donors (Lipinski definition) is 1. The maximum atomic E-state index is 13.3. The van der Waals surface area contributed by atoms with Crippen LogP contribution in [0.4, 0.5) is 14.5 Å². The summed E-state index contributed by atoms with van der Waals surface area (Å²) >= 11 is 0. The first kappa shape index (κ1) is 14.0. The molecule has 0 unspecified atom stereocenters.